The SMILES string of the molecule is N#Cc1ccc(-c2cc3c4cccnc4c(-c4ccc5cc(-c6cccc(-c7nc(-c8ccccc8)nc(-c8ccccc8)n7)c6)ccc5c4)cc3c3ccccc23)cc1. The van der Waals surface area contributed by atoms with Gasteiger partial charge in [0.25, 0.3) is 0 Å². The molecule has 11 aromatic rings. The van der Waals surface area contributed by atoms with E-state index in [1.807, 2.05) is 97.2 Å². The van der Waals surface area contributed by atoms with Gasteiger partial charge in [-0.2, -0.15) is 5.26 Å². The zero-order valence-corrected chi connectivity index (χ0v) is 32.3. The molecule has 5 nitrogen and oxygen atoms in total. The number of pyridine rings is 1. The number of hydrogen-bond donors (Lipinski definition) is 0. The van der Waals surface area contributed by atoms with E-state index in [0.29, 0.717) is 23.0 Å². The zero-order valence-electron chi connectivity index (χ0n) is 32.3. The summed E-state index contributed by atoms with van der Waals surface area (Å²) < 4.78 is 0. The van der Waals surface area contributed by atoms with E-state index in [1.54, 1.807) is 0 Å². The fraction of sp³-hybridized carbons (Fsp3) is 0. The third-order valence-corrected chi connectivity index (χ3v) is 11.4. The van der Waals surface area contributed by atoms with Gasteiger partial charge < -0.3 is 0 Å². The van der Waals surface area contributed by atoms with E-state index in [2.05, 4.69) is 109 Å². The zero-order chi connectivity index (χ0) is 40.0. The van der Waals surface area contributed by atoms with Crippen molar-refractivity contribution in [1.29, 1.82) is 5.26 Å². The van der Waals surface area contributed by atoms with E-state index < -0.39 is 0 Å². The van der Waals surface area contributed by atoms with Crippen LogP contribution >= 0.6 is 0 Å². The Bertz CT molecular complexity index is 3420. The molecule has 2 heterocycles. The molecule has 0 N–H and O–H groups in total. The first-order valence-electron chi connectivity index (χ1n) is 19.9. The minimum absolute atomic E-state index is 0.629. The van der Waals surface area contributed by atoms with Crippen LogP contribution in [-0.2, 0) is 0 Å². The topological polar surface area (TPSA) is 75.3 Å². The number of rotatable bonds is 6. The van der Waals surface area contributed by atoms with Crippen molar-refractivity contribution in [3.63, 3.8) is 0 Å². The maximum Gasteiger partial charge on any atom is 0.164 e. The summed E-state index contributed by atoms with van der Waals surface area (Å²) in [6.45, 7) is 0. The third kappa shape index (κ3) is 6.21. The molecule has 0 radical (unpaired) electrons. The Morgan fingerprint density at radius 2 is 0.850 bits per heavy atom. The van der Waals surface area contributed by atoms with Crippen LogP contribution in [0.3, 0.4) is 0 Å². The first-order chi connectivity index (χ1) is 29.7. The van der Waals surface area contributed by atoms with Gasteiger partial charge in [-0.25, -0.2) is 15.0 Å². The molecule has 0 aliphatic heterocycles. The minimum atomic E-state index is 0.629. The summed E-state index contributed by atoms with van der Waals surface area (Å²) >= 11 is 0. The van der Waals surface area contributed by atoms with Crippen LogP contribution in [-0.4, -0.2) is 19.9 Å². The molecule has 0 amide bonds. The molecule has 9 aromatic carbocycles. The molecule has 0 aliphatic rings. The smallest absolute Gasteiger partial charge is 0.164 e. The Balaban J connectivity index is 0.990. The van der Waals surface area contributed by atoms with Crippen LogP contribution < -0.4 is 0 Å². The molecular weight excluding hydrogens is 731 g/mol. The molecule has 60 heavy (non-hydrogen) atoms. The fourth-order valence-corrected chi connectivity index (χ4v) is 8.38. The largest absolute Gasteiger partial charge is 0.256 e. The van der Waals surface area contributed by atoms with Crippen LogP contribution in [0.1, 0.15) is 5.56 Å². The van der Waals surface area contributed by atoms with Crippen molar-refractivity contribution in [3.05, 3.63) is 206 Å². The average molecular weight is 764 g/mol. The molecule has 0 saturated carbocycles. The van der Waals surface area contributed by atoms with Crippen LogP contribution in [0, 0.1) is 11.3 Å². The highest BCUT2D eigenvalue weighted by Gasteiger charge is 2.17. The summed E-state index contributed by atoms with van der Waals surface area (Å²) in [4.78, 5) is 19.8. The normalized spacial score (nSPS) is 11.3. The lowest BCUT2D eigenvalue weighted by Gasteiger charge is -2.16. The summed E-state index contributed by atoms with van der Waals surface area (Å²) in [6, 6.07) is 69.4. The Morgan fingerprint density at radius 3 is 1.55 bits per heavy atom. The Hall–Kier alpha value is -8.33. The molecule has 0 unspecified atom stereocenters. The summed E-state index contributed by atoms with van der Waals surface area (Å²) in [5.41, 5.74) is 11.0. The molecule has 5 heteroatoms. The number of benzene rings is 9. The quantitative estimate of drug-likeness (QED) is 0.158. The van der Waals surface area contributed by atoms with Gasteiger partial charge in [-0.1, -0.05) is 146 Å². The van der Waals surface area contributed by atoms with E-state index in [4.69, 9.17) is 19.9 Å². The number of fused-ring (bicyclic) bond motifs is 6. The summed E-state index contributed by atoms with van der Waals surface area (Å²) in [5, 5.41) is 17.5. The van der Waals surface area contributed by atoms with Crippen molar-refractivity contribution in [2.45, 2.75) is 0 Å². The van der Waals surface area contributed by atoms with Gasteiger partial charge in [0.2, 0.25) is 0 Å². The second kappa shape index (κ2) is 14.6. The average Bonchev–Trinajstić information content (AvgIpc) is 3.33. The number of aromatic nitrogens is 4. The predicted octanol–water partition coefficient (Wildman–Crippen LogP) is 13.8. The molecule has 278 valence electrons. The second-order valence-corrected chi connectivity index (χ2v) is 15.0. The molecule has 0 atom stereocenters. The third-order valence-electron chi connectivity index (χ3n) is 11.4. The van der Waals surface area contributed by atoms with Gasteiger partial charge >= 0.3 is 0 Å². The van der Waals surface area contributed by atoms with Crippen LogP contribution in [0.25, 0.3) is 111 Å². The Kier molecular flexibility index (Phi) is 8.46. The van der Waals surface area contributed by atoms with Crippen molar-refractivity contribution in [2.75, 3.05) is 0 Å². The fourth-order valence-electron chi connectivity index (χ4n) is 8.38. The van der Waals surface area contributed by atoms with Gasteiger partial charge in [0.1, 0.15) is 0 Å². The molecule has 0 spiro atoms. The van der Waals surface area contributed by atoms with Crippen LogP contribution in [0.15, 0.2) is 200 Å². The van der Waals surface area contributed by atoms with E-state index in [1.165, 1.54) is 16.2 Å². The summed E-state index contributed by atoms with van der Waals surface area (Å²) in [5.74, 6) is 1.91. The summed E-state index contributed by atoms with van der Waals surface area (Å²) in [6.07, 6.45) is 1.88. The molecule has 0 fully saturated rings. The highest BCUT2D eigenvalue weighted by molar-refractivity contribution is 6.23. The first-order valence-corrected chi connectivity index (χ1v) is 19.9. The van der Waals surface area contributed by atoms with Gasteiger partial charge in [-0.05, 0) is 109 Å². The van der Waals surface area contributed by atoms with Crippen molar-refractivity contribution in [2.24, 2.45) is 0 Å². The maximum atomic E-state index is 9.42. The number of hydrogen-bond acceptors (Lipinski definition) is 5. The number of nitrogens with zero attached hydrogens (tertiary/aromatic N) is 5. The van der Waals surface area contributed by atoms with Crippen LogP contribution in [0.5, 0.6) is 0 Å². The second-order valence-electron chi connectivity index (χ2n) is 15.0. The standard InChI is InChI=1S/C55H33N5/c56-34-35-20-22-36(23-21-35)48-32-51-47-19-10-28-57-52(47)49(33-50(51)46-18-8-7-17-45(46)48)43-27-26-41-29-40(24-25-42(41)30-43)39-15-9-16-44(31-39)55-59-53(37-11-3-1-4-12-37)58-54(60-55)38-13-5-2-6-14-38/h1-33H. The van der Waals surface area contributed by atoms with Crippen molar-refractivity contribution in [3.8, 4) is 73.6 Å². The highest BCUT2D eigenvalue weighted by Crippen LogP contribution is 2.42. The Labute approximate surface area is 346 Å². The lowest BCUT2D eigenvalue weighted by molar-refractivity contribution is 1.07. The molecule has 0 aliphatic carbocycles. The van der Waals surface area contributed by atoms with Gasteiger partial charge in [0, 0.05) is 33.8 Å². The van der Waals surface area contributed by atoms with Gasteiger partial charge in [0.05, 0.1) is 17.1 Å². The van der Waals surface area contributed by atoms with E-state index in [-0.39, 0.29) is 0 Å². The lowest BCUT2D eigenvalue weighted by Crippen LogP contribution is -2.00. The first kappa shape index (κ1) is 34.9. The minimum Gasteiger partial charge on any atom is -0.256 e. The Morgan fingerprint density at radius 1 is 0.333 bits per heavy atom. The lowest BCUT2D eigenvalue weighted by atomic mass is 9.88. The van der Waals surface area contributed by atoms with Crippen molar-refractivity contribution >= 4 is 43.2 Å². The van der Waals surface area contributed by atoms with E-state index in [0.717, 1.165) is 77.1 Å². The summed E-state index contributed by atoms with van der Waals surface area (Å²) in [7, 11) is 0. The van der Waals surface area contributed by atoms with Crippen LogP contribution in [0.4, 0.5) is 0 Å². The molecule has 11 rings (SSSR count). The van der Waals surface area contributed by atoms with Gasteiger partial charge in [-0.3, -0.25) is 4.98 Å². The predicted molar refractivity (Wildman–Crippen MR) is 245 cm³/mol. The van der Waals surface area contributed by atoms with Crippen molar-refractivity contribution < 1.29 is 0 Å². The highest BCUT2D eigenvalue weighted by atomic mass is 15.0. The van der Waals surface area contributed by atoms with E-state index in [9.17, 15) is 5.26 Å². The molecule has 0 saturated heterocycles. The van der Waals surface area contributed by atoms with Crippen molar-refractivity contribution in [1.82, 2.24) is 19.9 Å². The van der Waals surface area contributed by atoms with Crippen LogP contribution in [0.2, 0.25) is 0 Å². The van der Waals surface area contributed by atoms with Gasteiger partial charge in [0.15, 0.2) is 17.5 Å². The molecule has 2 aromatic heterocycles. The molecular formula is C55H33N5. The van der Waals surface area contributed by atoms with Gasteiger partial charge in [-0.15, -0.1) is 0 Å². The maximum absolute atomic E-state index is 9.42. The monoisotopic (exact) mass is 763 g/mol. The molecule has 0 bridgehead atoms. The number of nitriles is 1. The van der Waals surface area contributed by atoms with E-state index >= 15 is 0 Å².